The summed E-state index contributed by atoms with van der Waals surface area (Å²) < 4.78 is 46.1. The summed E-state index contributed by atoms with van der Waals surface area (Å²) in [5.41, 5.74) is 3.68. The number of ether oxygens (including phenoxy) is 1. The Bertz CT molecular complexity index is 1450. The largest absolute Gasteiger partial charge is 0.473 e. The number of nitrogens with zero attached hydrogens (tertiary/aromatic N) is 5. The number of nitrogens with one attached hydrogen (secondary N) is 1. The zero-order valence-corrected chi connectivity index (χ0v) is 19.3. The van der Waals surface area contributed by atoms with Gasteiger partial charge in [-0.25, -0.2) is 9.97 Å². The van der Waals surface area contributed by atoms with Gasteiger partial charge in [-0.15, -0.1) is 0 Å². The van der Waals surface area contributed by atoms with Crippen LogP contribution in [0.5, 0.6) is 5.88 Å². The molecular weight excluding hydrogens is 469 g/mol. The Kier molecular flexibility index (Phi) is 6.06. The van der Waals surface area contributed by atoms with Crippen LogP contribution in [0.25, 0.3) is 22.2 Å². The summed E-state index contributed by atoms with van der Waals surface area (Å²) in [5.74, 6) is 0.804. The molecule has 0 amide bonds. The standard InChI is InChI=1S/C26H21F3N6O/c1-31-24-14-32-23-11-17(4-9-22(23)34-24)16-2-5-19(6-3-16)35(15-26(27,28)29)20-10-18(12-30)25(33-13-20)36-21-7-8-21/h2-6,9-11,13-14,21H,7-8,15H2,1H3,(H,31,34). The Balaban J connectivity index is 1.46. The molecule has 36 heavy (non-hydrogen) atoms. The zero-order valence-electron chi connectivity index (χ0n) is 19.3. The van der Waals surface area contributed by atoms with E-state index in [0.29, 0.717) is 17.0 Å². The van der Waals surface area contributed by atoms with E-state index in [4.69, 9.17) is 4.74 Å². The van der Waals surface area contributed by atoms with Crippen LogP contribution in [0.4, 0.5) is 30.4 Å². The van der Waals surface area contributed by atoms with Gasteiger partial charge >= 0.3 is 6.18 Å². The van der Waals surface area contributed by atoms with Crippen LogP contribution in [0.15, 0.2) is 60.9 Å². The second-order valence-corrected chi connectivity index (χ2v) is 8.43. The number of rotatable bonds is 7. The van der Waals surface area contributed by atoms with Crippen LogP contribution >= 0.6 is 0 Å². The fourth-order valence-electron chi connectivity index (χ4n) is 3.76. The normalized spacial score (nSPS) is 13.3. The lowest BCUT2D eigenvalue weighted by Gasteiger charge is -2.26. The van der Waals surface area contributed by atoms with Gasteiger partial charge in [0.25, 0.3) is 0 Å². The van der Waals surface area contributed by atoms with Crippen LogP contribution in [0.3, 0.4) is 0 Å². The number of benzene rings is 2. The van der Waals surface area contributed by atoms with Crippen LogP contribution in [0.2, 0.25) is 0 Å². The van der Waals surface area contributed by atoms with Gasteiger partial charge in [-0.05, 0) is 54.3 Å². The molecule has 1 N–H and O–H groups in total. The second-order valence-electron chi connectivity index (χ2n) is 8.43. The number of hydrogen-bond acceptors (Lipinski definition) is 7. The molecule has 182 valence electrons. The molecule has 1 fully saturated rings. The SMILES string of the molecule is CNc1cnc2cc(-c3ccc(N(CC(F)(F)F)c4cnc(OC5CC5)c(C#N)c4)cc3)ccc2n1. The molecular formula is C26H21F3N6O. The van der Waals surface area contributed by atoms with Crippen molar-refractivity contribution in [2.24, 2.45) is 0 Å². The van der Waals surface area contributed by atoms with Crippen molar-refractivity contribution in [3.8, 4) is 23.1 Å². The minimum Gasteiger partial charge on any atom is -0.473 e. The van der Waals surface area contributed by atoms with Crippen LogP contribution in [0.1, 0.15) is 18.4 Å². The maximum atomic E-state index is 13.5. The molecule has 5 rings (SSSR count). The highest BCUT2D eigenvalue weighted by molar-refractivity contribution is 5.82. The van der Waals surface area contributed by atoms with E-state index in [9.17, 15) is 18.4 Å². The van der Waals surface area contributed by atoms with Gasteiger partial charge < -0.3 is 15.0 Å². The molecule has 0 aliphatic heterocycles. The van der Waals surface area contributed by atoms with Gasteiger partial charge in [0.2, 0.25) is 5.88 Å². The van der Waals surface area contributed by atoms with Crippen molar-refractivity contribution < 1.29 is 17.9 Å². The topological polar surface area (TPSA) is 87.0 Å². The molecule has 4 aromatic rings. The molecule has 0 saturated heterocycles. The molecule has 2 aromatic carbocycles. The van der Waals surface area contributed by atoms with Gasteiger partial charge in [0.05, 0.1) is 29.1 Å². The summed E-state index contributed by atoms with van der Waals surface area (Å²) in [6, 6.07) is 15.7. The third-order valence-corrected chi connectivity index (χ3v) is 5.72. The molecule has 0 atom stereocenters. The first-order valence-electron chi connectivity index (χ1n) is 11.3. The smallest absolute Gasteiger partial charge is 0.406 e. The number of halogens is 3. The van der Waals surface area contributed by atoms with Crippen molar-refractivity contribution in [2.45, 2.75) is 25.1 Å². The Morgan fingerprint density at radius 3 is 2.42 bits per heavy atom. The van der Waals surface area contributed by atoms with Gasteiger partial charge in [-0.1, -0.05) is 18.2 Å². The molecule has 1 aliphatic rings. The average molecular weight is 490 g/mol. The number of alkyl halides is 3. The summed E-state index contributed by atoms with van der Waals surface area (Å²) in [5, 5.41) is 12.4. The number of hydrogen-bond donors (Lipinski definition) is 1. The van der Waals surface area contributed by atoms with E-state index in [1.807, 2.05) is 24.3 Å². The minimum absolute atomic E-state index is 0.0146. The second kappa shape index (κ2) is 9.34. The number of pyridine rings is 1. The van der Waals surface area contributed by atoms with Gasteiger partial charge in [-0.2, -0.15) is 18.4 Å². The van der Waals surface area contributed by atoms with Gasteiger partial charge in [-0.3, -0.25) is 4.98 Å². The lowest BCUT2D eigenvalue weighted by molar-refractivity contribution is -0.118. The van der Waals surface area contributed by atoms with Gasteiger partial charge in [0.1, 0.15) is 30.1 Å². The number of fused-ring (bicyclic) bond motifs is 1. The molecule has 7 nitrogen and oxygen atoms in total. The van der Waals surface area contributed by atoms with Crippen molar-refractivity contribution in [3.63, 3.8) is 0 Å². The maximum Gasteiger partial charge on any atom is 0.406 e. The summed E-state index contributed by atoms with van der Waals surface area (Å²) >= 11 is 0. The van der Waals surface area contributed by atoms with Gasteiger partial charge in [0, 0.05) is 12.7 Å². The Hall–Kier alpha value is -4.39. The predicted octanol–water partition coefficient (Wildman–Crippen LogP) is 5.85. The summed E-state index contributed by atoms with van der Waals surface area (Å²) in [7, 11) is 1.77. The molecule has 1 saturated carbocycles. The molecule has 0 bridgehead atoms. The van der Waals surface area contributed by atoms with E-state index in [0.717, 1.165) is 34.4 Å². The molecule has 0 radical (unpaired) electrons. The van der Waals surface area contributed by atoms with E-state index in [1.54, 1.807) is 37.5 Å². The fourth-order valence-corrected chi connectivity index (χ4v) is 3.76. The van der Waals surface area contributed by atoms with E-state index < -0.39 is 12.7 Å². The Morgan fingerprint density at radius 2 is 1.75 bits per heavy atom. The predicted molar refractivity (Wildman–Crippen MR) is 130 cm³/mol. The number of nitriles is 1. The van der Waals surface area contributed by atoms with Crippen molar-refractivity contribution in [2.75, 3.05) is 23.8 Å². The molecule has 10 heteroatoms. The van der Waals surface area contributed by atoms with Gasteiger partial charge in [0.15, 0.2) is 0 Å². The third-order valence-electron chi connectivity index (χ3n) is 5.72. The van der Waals surface area contributed by atoms with Crippen molar-refractivity contribution >= 4 is 28.2 Å². The lowest BCUT2D eigenvalue weighted by Crippen LogP contribution is -2.30. The molecule has 2 aromatic heterocycles. The highest BCUT2D eigenvalue weighted by Crippen LogP contribution is 2.35. The first-order chi connectivity index (χ1) is 17.3. The molecule has 1 aliphatic carbocycles. The zero-order chi connectivity index (χ0) is 25.3. The summed E-state index contributed by atoms with van der Waals surface area (Å²) in [6.07, 6.45) is 0.232. The quantitative estimate of drug-likeness (QED) is 0.348. The lowest BCUT2D eigenvalue weighted by atomic mass is 10.0. The molecule has 0 unspecified atom stereocenters. The van der Waals surface area contributed by atoms with E-state index >= 15 is 0 Å². The highest BCUT2D eigenvalue weighted by atomic mass is 19.4. The third kappa shape index (κ3) is 5.15. The Morgan fingerprint density at radius 1 is 1.00 bits per heavy atom. The summed E-state index contributed by atoms with van der Waals surface area (Å²) in [6.45, 7) is -1.24. The van der Waals surface area contributed by atoms with Crippen LogP contribution in [-0.2, 0) is 0 Å². The fraction of sp³-hybridized carbons (Fsp3) is 0.231. The first kappa shape index (κ1) is 23.4. The van der Waals surface area contributed by atoms with Crippen molar-refractivity contribution in [1.29, 1.82) is 5.26 Å². The minimum atomic E-state index is -4.47. The average Bonchev–Trinajstić information content (AvgIpc) is 3.70. The van der Waals surface area contributed by atoms with E-state index in [2.05, 4.69) is 20.3 Å². The van der Waals surface area contributed by atoms with Crippen molar-refractivity contribution in [1.82, 2.24) is 15.0 Å². The van der Waals surface area contributed by atoms with Crippen LogP contribution in [0, 0.1) is 11.3 Å². The number of anilines is 3. The first-order valence-corrected chi connectivity index (χ1v) is 11.3. The highest BCUT2D eigenvalue weighted by Gasteiger charge is 2.32. The van der Waals surface area contributed by atoms with E-state index in [-0.39, 0.29) is 23.2 Å². The van der Waals surface area contributed by atoms with Crippen LogP contribution < -0.4 is 15.0 Å². The maximum absolute atomic E-state index is 13.5. The summed E-state index contributed by atoms with van der Waals surface area (Å²) in [4.78, 5) is 14.1. The number of aromatic nitrogens is 3. The molecule has 0 spiro atoms. The molecule has 2 heterocycles. The van der Waals surface area contributed by atoms with E-state index in [1.165, 1.54) is 12.3 Å². The van der Waals surface area contributed by atoms with Crippen LogP contribution in [-0.4, -0.2) is 40.8 Å². The van der Waals surface area contributed by atoms with Crippen molar-refractivity contribution in [3.05, 3.63) is 66.5 Å². The Labute approximate surface area is 205 Å². The monoisotopic (exact) mass is 490 g/mol.